The molecule has 4 nitrogen and oxygen atoms in total. The van der Waals surface area contributed by atoms with Gasteiger partial charge in [-0.25, -0.2) is 9.07 Å². The Labute approximate surface area is 152 Å². The van der Waals surface area contributed by atoms with Gasteiger partial charge in [-0.05, 0) is 52.7 Å². The predicted molar refractivity (Wildman–Crippen MR) is 97.5 cm³/mol. The van der Waals surface area contributed by atoms with Crippen LogP contribution in [-0.2, 0) is 4.79 Å². The molecule has 1 unspecified atom stereocenters. The molecule has 6 heteroatoms. The van der Waals surface area contributed by atoms with E-state index in [9.17, 15) is 9.18 Å². The maximum atomic E-state index is 13.6. The molecule has 1 N–H and O–H groups in total. The highest BCUT2D eigenvalue weighted by Crippen LogP contribution is 2.38. The standard InChI is InChI=1S/C19H15BrFN3O/c1-11-2-5-13(6-3-11)24-19-15(10-22-24)14(9-18(25)23-19)12-4-7-17(21)16(20)8-12/h2-8,10,14H,9H2,1H3,(H,23,25). The number of carbonyl (C=O) groups is 1. The normalized spacial score (nSPS) is 16.4. The van der Waals surface area contributed by atoms with Crippen LogP contribution in [0.15, 0.2) is 53.1 Å². The molecule has 1 atom stereocenters. The summed E-state index contributed by atoms with van der Waals surface area (Å²) >= 11 is 3.22. The van der Waals surface area contributed by atoms with Crippen molar-refractivity contribution in [2.75, 3.05) is 5.32 Å². The van der Waals surface area contributed by atoms with Crippen LogP contribution in [0.1, 0.15) is 29.0 Å². The van der Waals surface area contributed by atoms with Crippen LogP contribution in [0.3, 0.4) is 0 Å². The Balaban J connectivity index is 1.81. The molecule has 126 valence electrons. The fourth-order valence-electron chi connectivity index (χ4n) is 3.13. The van der Waals surface area contributed by atoms with E-state index in [0.717, 1.165) is 22.4 Å². The molecule has 4 rings (SSSR count). The first-order valence-electron chi connectivity index (χ1n) is 7.92. The van der Waals surface area contributed by atoms with Crippen LogP contribution in [0.2, 0.25) is 0 Å². The molecule has 0 spiro atoms. The van der Waals surface area contributed by atoms with Gasteiger partial charge in [0, 0.05) is 17.9 Å². The summed E-state index contributed by atoms with van der Waals surface area (Å²) < 4.78 is 15.7. The minimum Gasteiger partial charge on any atom is -0.310 e. The Hall–Kier alpha value is -2.47. The van der Waals surface area contributed by atoms with Crippen molar-refractivity contribution in [2.24, 2.45) is 0 Å². The van der Waals surface area contributed by atoms with Gasteiger partial charge in [0.25, 0.3) is 0 Å². The molecule has 0 saturated carbocycles. The maximum absolute atomic E-state index is 13.6. The van der Waals surface area contributed by atoms with Crippen LogP contribution in [-0.4, -0.2) is 15.7 Å². The van der Waals surface area contributed by atoms with E-state index in [2.05, 4.69) is 26.3 Å². The van der Waals surface area contributed by atoms with Gasteiger partial charge in [-0.15, -0.1) is 0 Å². The molecule has 0 saturated heterocycles. The third kappa shape index (κ3) is 2.87. The fourth-order valence-corrected chi connectivity index (χ4v) is 3.52. The minimum atomic E-state index is -0.320. The quantitative estimate of drug-likeness (QED) is 0.686. The lowest BCUT2D eigenvalue weighted by molar-refractivity contribution is -0.116. The zero-order valence-corrected chi connectivity index (χ0v) is 15.0. The van der Waals surface area contributed by atoms with Crippen LogP contribution in [0.25, 0.3) is 5.69 Å². The Morgan fingerprint density at radius 2 is 2.00 bits per heavy atom. The number of nitrogens with zero attached hydrogens (tertiary/aromatic N) is 2. The van der Waals surface area contributed by atoms with E-state index in [-0.39, 0.29) is 17.6 Å². The van der Waals surface area contributed by atoms with Gasteiger partial charge >= 0.3 is 0 Å². The van der Waals surface area contributed by atoms with Crippen molar-refractivity contribution in [3.8, 4) is 5.69 Å². The number of fused-ring (bicyclic) bond motifs is 1. The second-order valence-electron chi connectivity index (χ2n) is 6.17. The minimum absolute atomic E-state index is 0.0770. The first kappa shape index (κ1) is 16.0. The van der Waals surface area contributed by atoms with Gasteiger partial charge in [0.1, 0.15) is 11.6 Å². The van der Waals surface area contributed by atoms with E-state index in [1.165, 1.54) is 6.07 Å². The highest BCUT2D eigenvalue weighted by atomic mass is 79.9. The molecule has 0 bridgehead atoms. The van der Waals surface area contributed by atoms with Crippen molar-refractivity contribution in [3.63, 3.8) is 0 Å². The highest BCUT2D eigenvalue weighted by Gasteiger charge is 2.30. The number of hydrogen-bond acceptors (Lipinski definition) is 2. The molecular weight excluding hydrogens is 385 g/mol. The monoisotopic (exact) mass is 399 g/mol. The summed E-state index contributed by atoms with van der Waals surface area (Å²) in [6, 6.07) is 12.8. The number of amides is 1. The molecule has 25 heavy (non-hydrogen) atoms. The average Bonchev–Trinajstić information content (AvgIpc) is 3.01. The summed E-state index contributed by atoms with van der Waals surface area (Å²) in [6.07, 6.45) is 2.08. The number of anilines is 1. The largest absolute Gasteiger partial charge is 0.310 e. The topological polar surface area (TPSA) is 46.9 Å². The second kappa shape index (κ2) is 6.11. The van der Waals surface area contributed by atoms with Crippen molar-refractivity contribution >= 4 is 27.7 Å². The van der Waals surface area contributed by atoms with E-state index < -0.39 is 0 Å². The van der Waals surface area contributed by atoms with E-state index in [1.807, 2.05) is 31.2 Å². The van der Waals surface area contributed by atoms with E-state index in [4.69, 9.17) is 0 Å². The summed E-state index contributed by atoms with van der Waals surface area (Å²) in [5.41, 5.74) is 3.85. The summed E-state index contributed by atoms with van der Waals surface area (Å²) in [6.45, 7) is 2.02. The zero-order chi connectivity index (χ0) is 17.6. The van der Waals surface area contributed by atoms with Crippen LogP contribution >= 0.6 is 15.9 Å². The van der Waals surface area contributed by atoms with E-state index in [1.54, 1.807) is 23.0 Å². The SMILES string of the molecule is Cc1ccc(-n2ncc3c2NC(=O)CC3c2ccc(F)c(Br)c2)cc1. The van der Waals surface area contributed by atoms with Crippen molar-refractivity contribution in [2.45, 2.75) is 19.3 Å². The molecule has 2 heterocycles. The third-order valence-corrected chi connectivity index (χ3v) is 5.05. The molecule has 0 fully saturated rings. The number of aryl methyl sites for hydroxylation is 1. The van der Waals surface area contributed by atoms with Crippen molar-refractivity contribution in [1.29, 1.82) is 0 Å². The van der Waals surface area contributed by atoms with Gasteiger partial charge in [-0.2, -0.15) is 5.10 Å². The third-order valence-electron chi connectivity index (χ3n) is 4.44. The second-order valence-corrected chi connectivity index (χ2v) is 7.03. The molecule has 0 radical (unpaired) electrons. The highest BCUT2D eigenvalue weighted by molar-refractivity contribution is 9.10. The van der Waals surface area contributed by atoms with Gasteiger partial charge in [-0.1, -0.05) is 23.8 Å². The van der Waals surface area contributed by atoms with Crippen LogP contribution in [0.5, 0.6) is 0 Å². The number of carbonyl (C=O) groups excluding carboxylic acids is 1. The Kier molecular flexibility index (Phi) is 3.92. The van der Waals surface area contributed by atoms with Crippen LogP contribution < -0.4 is 5.32 Å². The van der Waals surface area contributed by atoms with Gasteiger partial charge in [0.15, 0.2) is 0 Å². The summed E-state index contributed by atoms with van der Waals surface area (Å²) in [4.78, 5) is 12.3. The molecule has 0 aliphatic carbocycles. The van der Waals surface area contributed by atoms with Crippen LogP contribution in [0.4, 0.5) is 10.2 Å². The van der Waals surface area contributed by atoms with E-state index in [0.29, 0.717) is 16.7 Å². The average molecular weight is 400 g/mol. The molecule has 1 amide bonds. The Bertz CT molecular complexity index is 965. The smallest absolute Gasteiger partial charge is 0.226 e. The summed E-state index contributed by atoms with van der Waals surface area (Å²) in [5.74, 6) is 0.122. The van der Waals surface area contributed by atoms with Gasteiger partial charge < -0.3 is 5.32 Å². The molecule has 1 aliphatic rings. The summed E-state index contributed by atoms with van der Waals surface area (Å²) in [5, 5.41) is 7.39. The number of rotatable bonds is 2. The maximum Gasteiger partial charge on any atom is 0.226 e. The number of hydrogen-bond donors (Lipinski definition) is 1. The number of halogens is 2. The van der Waals surface area contributed by atoms with Gasteiger partial charge in [-0.3, -0.25) is 4.79 Å². The molecule has 1 aromatic heterocycles. The molecular formula is C19H15BrFN3O. The fraction of sp³-hybridized carbons (Fsp3) is 0.158. The van der Waals surface area contributed by atoms with Crippen LogP contribution in [0, 0.1) is 12.7 Å². The van der Waals surface area contributed by atoms with Gasteiger partial charge in [0.2, 0.25) is 5.91 Å². The van der Waals surface area contributed by atoms with Gasteiger partial charge in [0.05, 0.1) is 16.4 Å². The molecule has 1 aliphatic heterocycles. The summed E-state index contributed by atoms with van der Waals surface area (Å²) in [7, 11) is 0. The predicted octanol–water partition coefficient (Wildman–Crippen LogP) is 4.56. The first-order chi connectivity index (χ1) is 12.0. The lowest BCUT2D eigenvalue weighted by atomic mass is 9.87. The zero-order valence-electron chi connectivity index (χ0n) is 13.5. The lowest BCUT2D eigenvalue weighted by Gasteiger charge is -2.24. The Morgan fingerprint density at radius 3 is 2.72 bits per heavy atom. The molecule has 3 aromatic rings. The van der Waals surface area contributed by atoms with E-state index >= 15 is 0 Å². The van der Waals surface area contributed by atoms with Crippen molar-refractivity contribution in [3.05, 3.63) is 75.6 Å². The lowest BCUT2D eigenvalue weighted by Crippen LogP contribution is -2.24. The van der Waals surface area contributed by atoms with Crippen molar-refractivity contribution < 1.29 is 9.18 Å². The number of benzene rings is 2. The Morgan fingerprint density at radius 1 is 1.24 bits per heavy atom. The first-order valence-corrected chi connectivity index (χ1v) is 8.72. The number of nitrogens with one attached hydrogen (secondary N) is 1. The molecule has 2 aromatic carbocycles. The number of aromatic nitrogens is 2. The van der Waals surface area contributed by atoms with Crippen molar-refractivity contribution in [1.82, 2.24) is 9.78 Å².